The first-order valence-corrected chi connectivity index (χ1v) is 9.79. The Morgan fingerprint density at radius 2 is 1.67 bits per heavy atom. The Balaban J connectivity index is 1.34. The van der Waals surface area contributed by atoms with Crippen molar-refractivity contribution in [3.05, 3.63) is 17.0 Å². The molecular formula is C20H27N3O4. The van der Waals surface area contributed by atoms with Gasteiger partial charge in [0.1, 0.15) is 0 Å². The molecule has 4 bridgehead atoms. The van der Waals surface area contributed by atoms with E-state index in [-0.39, 0.29) is 17.0 Å². The largest absolute Gasteiger partial charge is 0.450 e. The lowest BCUT2D eigenvalue weighted by Gasteiger charge is -2.56. The minimum absolute atomic E-state index is 0.126. The van der Waals surface area contributed by atoms with Crippen LogP contribution in [0.25, 0.3) is 0 Å². The number of carbonyl (C=O) groups is 3. The number of nitrogens with zero attached hydrogens (tertiary/aromatic N) is 2. The fourth-order valence-corrected chi connectivity index (χ4v) is 6.00. The lowest BCUT2D eigenvalue weighted by molar-refractivity contribution is -0.146. The molecule has 0 atom stereocenters. The molecule has 0 unspecified atom stereocenters. The molecule has 146 valence electrons. The van der Waals surface area contributed by atoms with Crippen LogP contribution < -0.4 is 5.32 Å². The average molecular weight is 373 g/mol. The number of hydrogen-bond acceptors (Lipinski definition) is 5. The number of esters is 1. The Morgan fingerprint density at radius 3 is 2.15 bits per heavy atom. The maximum atomic E-state index is 12.4. The highest BCUT2D eigenvalue weighted by atomic mass is 16.5. The van der Waals surface area contributed by atoms with Crippen LogP contribution >= 0.6 is 0 Å². The molecule has 4 aliphatic carbocycles. The zero-order chi connectivity index (χ0) is 19.3. The van der Waals surface area contributed by atoms with E-state index < -0.39 is 18.4 Å². The van der Waals surface area contributed by atoms with E-state index in [1.165, 1.54) is 19.3 Å². The van der Waals surface area contributed by atoms with Crippen molar-refractivity contribution in [2.45, 2.75) is 57.9 Å². The van der Waals surface area contributed by atoms with E-state index in [1.807, 2.05) is 0 Å². The number of amides is 1. The molecule has 4 fully saturated rings. The van der Waals surface area contributed by atoms with E-state index in [4.69, 9.17) is 4.74 Å². The number of ether oxygens (including phenoxy) is 1. The third kappa shape index (κ3) is 3.28. The lowest BCUT2D eigenvalue weighted by Crippen LogP contribution is -2.60. The molecule has 7 heteroatoms. The van der Waals surface area contributed by atoms with Crippen molar-refractivity contribution in [1.29, 1.82) is 0 Å². The minimum Gasteiger partial charge on any atom is -0.450 e. The zero-order valence-electron chi connectivity index (χ0n) is 16.2. The summed E-state index contributed by atoms with van der Waals surface area (Å²) in [6.07, 6.45) is 6.98. The predicted molar refractivity (Wildman–Crippen MR) is 97.0 cm³/mol. The van der Waals surface area contributed by atoms with E-state index >= 15 is 0 Å². The molecule has 0 radical (unpaired) electrons. The summed E-state index contributed by atoms with van der Waals surface area (Å²) in [4.78, 5) is 36.9. The fraction of sp³-hybridized carbons (Fsp3) is 0.700. The summed E-state index contributed by atoms with van der Waals surface area (Å²) >= 11 is 0. The van der Waals surface area contributed by atoms with Gasteiger partial charge in [0.25, 0.3) is 11.7 Å². The Bertz CT molecular complexity index is 775. The van der Waals surface area contributed by atoms with Crippen LogP contribution in [-0.2, 0) is 21.4 Å². The van der Waals surface area contributed by atoms with Gasteiger partial charge in [-0.1, -0.05) is 0 Å². The second kappa shape index (κ2) is 6.46. The van der Waals surface area contributed by atoms with Crippen molar-refractivity contribution in [3.8, 4) is 0 Å². The number of ketones is 1. The van der Waals surface area contributed by atoms with Crippen LogP contribution in [0.15, 0.2) is 0 Å². The van der Waals surface area contributed by atoms with Crippen LogP contribution in [0.4, 0.5) is 0 Å². The van der Waals surface area contributed by atoms with Gasteiger partial charge in [0, 0.05) is 18.3 Å². The molecule has 0 aromatic carbocycles. The Hall–Kier alpha value is -2.18. The number of Topliss-reactive ketones (excluding diaryl/α,β-unsaturated/α-hetero) is 1. The number of nitrogens with one attached hydrogen (secondary N) is 1. The fourth-order valence-electron chi connectivity index (χ4n) is 6.00. The molecule has 0 spiro atoms. The van der Waals surface area contributed by atoms with Crippen LogP contribution in [0.1, 0.15) is 60.3 Å². The first-order valence-electron chi connectivity index (χ1n) is 9.79. The Kier molecular flexibility index (Phi) is 4.35. The van der Waals surface area contributed by atoms with Gasteiger partial charge in [-0.2, -0.15) is 5.10 Å². The highest BCUT2D eigenvalue weighted by Crippen LogP contribution is 2.55. The summed E-state index contributed by atoms with van der Waals surface area (Å²) in [7, 11) is 1.71. The molecule has 1 heterocycles. The summed E-state index contributed by atoms with van der Waals surface area (Å²) < 4.78 is 6.57. The van der Waals surface area contributed by atoms with Crippen molar-refractivity contribution in [1.82, 2.24) is 15.1 Å². The molecular weight excluding hydrogens is 346 g/mol. The smallest absolute Gasteiger partial charge is 0.380 e. The van der Waals surface area contributed by atoms with Crippen LogP contribution in [0, 0.1) is 31.6 Å². The number of aryl methyl sites for hydroxylation is 2. The monoisotopic (exact) mass is 373 g/mol. The molecule has 0 saturated heterocycles. The Morgan fingerprint density at radius 1 is 1.11 bits per heavy atom. The van der Waals surface area contributed by atoms with Crippen LogP contribution in [0.3, 0.4) is 0 Å². The van der Waals surface area contributed by atoms with Gasteiger partial charge < -0.3 is 10.1 Å². The van der Waals surface area contributed by atoms with Crippen LogP contribution in [0.2, 0.25) is 0 Å². The zero-order valence-corrected chi connectivity index (χ0v) is 16.2. The first-order chi connectivity index (χ1) is 12.8. The number of aromatic nitrogens is 2. The van der Waals surface area contributed by atoms with Crippen molar-refractivity contribution in [2.75, 3.05) is 6.61 Å². The van der Waals surface area contributed by atoms with Crippen molar-refractivity contribution < 1.29 is 19.1 Å². The normalized spacial score (nSPS) is 31.0. The van der Waals surface area contributed by atoms with E-state index in [0.29, 0.717) is 11.4 Å². The van der Waals surface area contributed by atoms with Gasteiger partial charge in [-0.15, -0.1) is 0 Å². The second-order valence-electron chi connectivity index (χ2n) is 8.82. The number of rotatable bonds is 5. The predicted octanol–water partition coefficient (Wildman–Crippen LogP) is 1.85. The maximum absolute atomic E-state index is 12.4. The average Bonchev–Trinajstić information content (AvgIpc) is 2.82. The number of carbonyl (C=O) groups excluding carboxylic acids is 3. The highest BCUT2D eigenvalue weighted by molar-refractivity contribution is 6.41. The third-order valence-electron chi connectivity index (χ3n) is 6.70. The van der Waals surface area contributed by atoms with E-state index in [2.05, 4.69) is 10.4 Å². The van der Waals surface area contributed by atoms with E-state index in [9.17, 15) is 14.4 Å². The molecule has 27 heavy (non-hydrogen) atoms. The van der Waals surface area contributed by atoms with Crippen LogP contribution in [-0.4, -0.2) is 39.6 Å². The van der Waals surface area contributed by atoms with Gasteiger partial charge in [0.2, 0.25) is 0 Å². The van der Waals surface area contributed by atoms with Gasteiger partial charge in [0.15, 0.2) is 6.61 Å². The third-order valence-corrected chi connectivity index (χ3v) is 6.70. The summed E-state index contributed by atoms with van der Waals surface area (Å²) in [6, 6.07) is 0. The maximum Gasteiger partial charge on any atom is 0.380 e. The minimum atomic E-state index is -1.00. The van der Waals surface area contributed by atoms with Gasteiger partial charge in [-0.25, -0.2) is 4.79 Å². The molecule has 0 aliphatic heterocycles. The molecule has 4 saturated carbocycles. The standard InChI is InChI=1S/C20H27N3O4/c1-11-17(12(2)23(3)22-11)18(25)19(26)27-10-16(24)21-20-7-13-4-14(8-20)6-15(5-13)9-20/h13-15H,4-10H2,1-3H3,(H,21,24). The van der Waals surface area contributed by atoms with E-state index in [1.54, 1.807) is 25.6 Å². The van der Waals surface area contributed by atoms with Gasteiger partial charge >= 0.3 is 5.97 Å². The van der Waals surface area contributed by atoms with Gasteiger partial charge in [0.05, 0.1) is 11.3 Å². The van der Waals surface area contributed by atoms with Crippen molar-refractivity contribution in [2.24, 2.45) is 24.8 Å². The summed E-state index contributed by atoms with van der Waals surface area (Å²) in [5, 5.41) is 7.28. The Labute approximate surface area is 158 Å². The number of hydrogen-bond donors (Lipinski definition) is 1. The SMILES string of the molecule is Cc1nn(C)c(C)c1C(=O)C(=O)OCC(=O)NC12CC3CC(CC(C3)C1)C2. The molecule has 7 nitrogen and oxygen atoms in total. The van der Waals surface area contributed by atoms with Gasteiger partial charge in [-0.05, 0) is 70.1 Å². The van der Waals surface area contributed by atoms with Gasteiger partial charge in [-0.3, -0.25) is 14.3 Å². The summed E-state index contributed by atoms with van der Waals surface area (Å²) in [5.41, 5.74) is 1.21. The molecule has 4 aliphatic rings. The van der Waals surface area contributed by atoms with E-state index in [0.717, 1.165) is 37.0 Å². The van der Waals surface area contributed by atoms with Crippen molar-refractivity contribution in [3.63, 3.8) is 0 Å². The van der Waals surface area contributed by atoms with Crippen molar-refractivity contribution >= 4 is 17.7 Å². The first kappa shape index (κ1) is 18.2. The summed E-state index contributed by atoms with van der Waals surface area (Å²) in [6.45, 7) is 2.98. The molecule has 1 amide bonds. The second-order valence-corrected chi connectivity index (χ2v) is 8.82. The molecule has 5 rings (SSSR count). The topological polar surface area (TPSA) is 90.3 Å². The quantitative estimate of drug-likeness (QED) is 0.483. The summed E-state index contributed by atoms with van der Waals surface area (Å²) in [5.74, 6) is 0.0972. The lowest BCUT2D eigenvalue weighted by atomic mass is 9.53. The highest BCUT2D eigenvalue weighted by Gasteiger charge is 2.51. The molecule has 1 aromatic rings. The molecule has 1 N–H and O–H groups in total. The van der Waals surface area contributed by atoms with Crippen LogP contribution in [0.5, 0.6) is 0 Å². The molecule has 1 aromatic heterocycles.